The van der Waals surface area contributed by atoms with Crippen molar-refractivity contribution in [2.75, 3.05) is 26.9 Å². The summed E-state index contributed by atoms with van der Waals surface area (Å²) in [5.74, 6) is -3.20. The van der Waals surface area contributed by atoms with Gasteiger partial charge >= 0.3 is 18.0 Å². The van der Waals surface area contributed by atoms with E-state index >= 15 is 0 Å². The molecular formula is C35H41NO8. The van der Waals surface area contributed by atoms with Crippen molar-refractivity contribution < 1.29 is 38.1 Å². The molecule has 0 aliphatic rings. The van der Waals surface area contributed by atoms with Gasteiger partial charge in [0.25, 0.3) is 5.91 Å². The SMILES string of the molecule is COCCOC(=O)N(CCc1ccccc1)C(=O)C(CCC(C)C)(C(=O)OCc1ccccc1)C(=O)OCc1ccccc1. The number of methoxy groups -OCH3 is 1. The minimum atomic E-state index is -2.45. The number of ether oxygens (including phenoxy) is 4. The molecule has 0 radical (unpaired) electrons. The van der Waals surface area contributed by atoms with E-state index in [4.69, 9.17) is 18.9 Å². The first-order valence-electron chi connectivity index (χ1n) is 14.7. The van der Waals surface area contributed by atoms with E-state index in [9.17, 15) is 19.2 Å². The van der Waals surface area contributed by atoms with Crippen LogP contribution in [0, 0.1) is 11.3 Å². The molecule has 3 aromatic carbocycles. The van der Waals surface area contributed by atoms with Gasteiger partial charge in [0.1, 0.15) is 19.8 Å². The van der Waals surface area contributed by atoms with Crippen LogP contribution in [-0.2, 0) is 53.0 Å². The third-order valence-corrected chi connectivity index (χ3v) is 7.03. The lowest BCUT2D eigenvalue weighted by molar-refractivity contribution is -0.180. The lowest BCUT2D eigenvalue weighted by Gasteiger charge is -2.33. The summed E-state index contributed by atoms with van der Waals surface area (Å²) in [6.45, 7) is 3.30. The lowest BCUT2D eigenvalue weighted by Crippen LogP contribution is -2.56. The summed E-state index contributed by atoms with van der Waals surface area (Å²) < 4.78 is 21.6. The molecule has 0 spiro atoms. The molecule has 3 rings (SSSR count). The Bertz CT molecular complexity index is 1270. The van der Waals surface area contributed by atoms with Gasteiger partial charge in [0.15, 0.2) is 0 Å². The summed E-state index contributed by atoms with van der Waals surface area (Å²) in [6, 6.07) is 27.1. The van der Waals surface area contributed by atoms with Gasteiger partial charge in [-0.2, -0.15) is 0 Å². The highest BCUT2D eigenvalue weighted by Gasteiger charge is 2.58. The van der Waals surface area contributed by atoms with Crippen molar-refractivity contribution >= 4 is 23.9 Å². The number of carbonyl (C=O) groups excluding carboxylic acids is 4. The smallest absolute Gasteiger partial charge is 0.416 e. The molecule has 234 valence electrons. The molecule has 3 aromatic rings. The Morgan fingerprint density at radius 3 is 1.61 bits per heavy atom. The molecule has 0 aliphatic heterocycles. The van der Waals surface area contributed by atoms with Gasteiger partial charge in [-0.25, -0.2) is 9.69 Å². The number of benzene rings is 3. The minimum Gasteiger partial charge on any atom is -0.460 e. The van der Waals surface area contributed by atoms with Crippen LogP contribution in [0.5, 0.6) is 0 Å². The fraction of sp³-hybridized carbons (Fsp3) is 0.371. The maximum atomic E-state index is 14.6. The number of esters is 2. The van der Waals surface area contributed by atoms with E-state index in [2.05, 4.69) is 0 Å². The Morgan fingerprint density at radius 1 is 0.682 bits per heavy atom. The van der Waals surface area contributed by atoms with Crippen molar-refractivity contribution in [1.82, 2.24) is 4.90 Å². The zero-order chi connectivity index (χ0) is 31.8. The largest absolute Gasteiger partial charge is 0.460 e. The normalized spacial score (nSPS) is 11.1. The summed E-state index contributed by atoms with van der Waals surface area (Å²) in [4.78, 5) is 56.9. The fourth-order valence-corrected chi connectivity index (χ4v) is 4.45. The minimum absolute atomic E-state index is 0.0115. The number of imide groups is 1. The van der Waals surface area contributed by atoms with E-state index in [1.165, 1.54) is 7.11 Å². The molecule has 0 atom stereocenters. The highest BCUT2D eigenvalue weighted by molar-refractivity contribution is 6.21. The standard InChI is InChI=1S/C35H41NO8/c1-27(2)19-21-35(32(38)43-25-29-15-9-5-10-16-29,33(39)44-26-30-17-11-6-12-18-30)31(37)36(34(40)42-24-23-41-3)22-20-28-13-7-4-8-14-28/h4-18,27H,19-26H2,1-3H3. The molecule has 9 nitrogen and oxygen atoms in total. The Morgan fingerprint density at radius 2 is 1.16 bits per heavy atom. The molecule has 2 amide bonds. The zero-order valence-corrected chi connectivity index (χ0v) is 25.6. The molecule has 0 saturated carbocycles. The van der Waals surface area contributed by atoms with Crippen LogP contribution in [0.3, 0.4) is 0 Å². The van der Waals surface area contributed by atoms with Crippen LogP contribution < -0.4 is 0 Å². The quantitative estimate of drug-likeness (QED) is 0.0882. The predicted octanol–water partition coefficient (Wildman–Crippen LogP) is 5.75. The van der Waals surface area contributed by atoms with Gasteiger partial charge in [-0.1, -0.05) is 105 Å². The summed E-state index contributed by atoms with van der Waals surface area (Å²) in [7, 11) is 1.45. The van der Waals surface area contributed by atoms with Gasteiger partial charge < -0.3 is 18.9 Å². The number of hydrogen-bond acceptors (Lipinski definition) is 8. The summed E-state index contributed by atoms with van der Waals surface area (Å²) in [5, 5.41) is 0. The fourth-order valence-electron chi connectivity index (χ4n) is 4.45. The molecule has 0 unspecified atom stereocenters. The van der Waals surface area contributed by atoms with Crippen molar-refractivity contribution in [3.63, 3.8) is 0 Å². The molecule has 0 N–H and O–H groups in total. The van der Waals surface area contributed by atoms with Crippen LogP contribution in [-0.4, -0.2) is 55.7 Å². The van der Waals surface area contributed by atoms with Crippen molar-refractivity contribution in [3.8, 4) is 0 Å². The van der Waals surface area contributed by atoms with Crippen LogP contribution in [0.2, 0.25) is 0 Å². The van der Waals surface area contributed by atoms with Crippen molar-refractivity contribution in [3.05, 3.63) is 108 Å². The van der Waals surface area contributed by atoms with E-state index in [1.807, 2.05) is 56.3 Å². The lowest BCUT2D eigenvalue weighted by atomic mass is 9.79. The Balaban J connectivity index is 2.03. The molecule has 0 bridgehead atoms. The average molecular weight is 604 g/mol. The Hall–Kier alpha value is -4.50. The third-order valence-electron chi connectivity index (χ3n) is 7.03. The number of rotatable bonds is 16. The Kier molecular flexibility index (Phi) is 13.6. The van der Waals surface area contributed by atoms with Gasteiger partial charge in [-0.3, -0.25) is 14.4 Å². The van der Waals surface area contributed by atoms with E-state index in [1.54, 1.807) is 48.5 Å². The maximum absolute atomic E-state index is 14.6. The van der Waals surface area contributed by atoms with Crippen LogP contribution in [0.1, 0.15) is 43.4 Å². The number of amides is 2. The van der Waals surface area contributed by atoms with Crippen LogP contribution in [0.15, 0.2) is 91.0 Å². The van der Waals surface area contributed by atoms with Gasteiger partial charge in [0.05, 0.1) is 6.61 Å². The second kappa shape index (κ2) is 17.6. The van der Waals surface area contributed by atoms with Gasteiger partial charge in [-0.05, 0) is 41.9 Å². The van der Waals surface area contributed by atoms with Gasteiger partial charge in [0.2, 0.25) is 5.41 Å². The first-order valence-corrected chi connectivity index (χ1v) is 14.7. The van der Waals surface area contributed by atoms with E-state index < -0.39 is 29.4 Å². The van der Waals surface area contributed by atoms with Crippen molar-refractivity contribution in [2.24, 2.45) is 11.3 Å². The molecule has 0 saturated heterocycles. The molecule has 0 heterocycles. The Labute approximate surface area is 259 Å². The molecule has 0 aliphatic carbocycles. The van der Waals surface area contributed by atoms with Crippen LogP contribution in [0.25, 0.3) is 0 Å². The van der Waals surface area contributed by atoms with Crippen LogP contribution >= 0.6 is 0 Å². The molecule has 9 heteroatoms. The number of hydrogen-bond donors (Lipinski definition) is 0. The topological polar surface area (TPSA) is 108 Å². The summed E-state index contributed by atoms with van der Waals surface area (Å²) >= 11 is 0. The second-order valence-electron chi connectivity index (χ2n) is 10.8. The highest BCUT2D eigenvalue weighted by Crippen LogP contribution is 2.34. The first kappa shape index (κ1) is 34.0. The second-order valence-corrected chi connectivity index (χ2v) is 10.8. The van der Waals surface area contributed by atoms with Gasteiger partial charge in [-0.15, -0.1) is 0 Å². The first-order chi connectivity index (χ1) is 21.3. The molecule has 0 aromatic heterocycles. The summed E-state index contributed by atoms with van der Waals surface area (Å²) in [5.41, 5.74) is -0.265. The van der Waals surface area contributed by atoms with Crippen molar-refractivity contribution in [1.29, 1.82) is 0 Å². The molecule has 0 fully saturated rings. The average Bonchev–Trinajstić information content (AvgIpc) is 3.04. The highest BCUT2D eigenvalue weighted by atomic mass is 16.6. The number of nitrogens with zero attached hydrogens (tertiary/aromatic N) is 1. The third kappa shape index (κ3) is 9.77. The van der Waals surface area contributed by atoms with Crippen LogP contribution in [0.4, 0.5) is 4.79 Å². The van der Waals surface area contributed by atoms with E-state index in [0.29, 0.717) is 17.5 Å². The summed E-state index contributed by atoms with van der Waals surface area (Å²) in [6.07, 6.45) is -0.649. The van der Waals surface area contributed by atoms with E-state index in [0.717, 1.165) is 10.5 Å². The molecule has 44 heavy (non-hydrogen) atoms. The predicted molar refractivity (Wildman–Crippen MR) is 164 cm³/mol. The maximum Gasteiger partial charge on any atom is 0.416 e. The van der Waals surface area contributed by atoms with Crippen molar-refractivity contribution in [2.45, 2.75) is 46.3 Å². The monoisotopic (exact) mass is 603 g/mol. The molecular weight excluding hydrogens is 562 g/mol. The zero-order valence-electron chi connectivity index (χ0n) is 25.6. The number of carbonyl (C=O) groups is 4. The van der Waals surface area contributed by atoms with Gasteiger partial charge in [0, 0.05) is 13.7 Å². The van der Waals surface area contributed by atoms with E-state index in [-0.39, 0.29) is 51.7 Å².